The zero-order chi connectivity index (χ0) is 20.6. The number of nitriles is 1. The molecule has 2 saturated carbocycles. The summed E-state index contributed by atoms with van der Waals surface area (Å²) in [5, 5.41) is 9.61. The van der Waals surface area contributed by atoms with Crippen LogP contribution in [0.25, 0.3) is 22.4 Å². The summed E-state index contributed by atoms with van der Waals surface area (Å²) in [6, 6.07) is 10.2. The van der Waals surface area contributed by atoms with E-state index in [2.05, 4.69) is 11.1 Å². The standard InChI is InChI=1S/C21H17F3N4O/c1-27-17-15(10-16(21(22,23)24)28(19(17)29)12-6-7-12)26-18(27)13-4-2-3-5-14(13)20(11-25)8-9-20/h2-5,10,12H,6-9H2,1H3. The molecular weight excluding hydrogens is 381 g/mol. The number of halogens is 3. The second kappa shape index (κ2) is 5.72. The molecule has 29 heavy (non-hydrogen) atoms. The number of alkyl halides is 3. The van der Waals surface area contributed by atoms with E-state index in [4.69, 9.17) is 0 Å². The third-order valence-corrected chi connectivity index (χ3v) is 5.93. The minimum atomic E-state index is -4.63. The molecule has 0 radical (unpaired) electrons. The summed E-state index contributed by atoms with van der Waals surface area (Å²) in [5.41, 5.74) is -0.552. The highest BCUT2D eigenvalue weighted by Crippen LogP contribution is 2.50. The predicted octanol–water partition coefficient (Wildman–Crippen LogP) is 4.31. The number of aromatic nitrogens is 3. The number of nitrogens with zero attached hydrogens (tertiary/aromatic N) is 4. The van der Waals surface area contributed by atoms with E-state index in [0.29, 0.717) is 24.2 Å². The maximum absolute atomic E-state index is 13.6. The van der Waals surface area contributed by atoms with Gasteiger partial charge in [0.25, 0.3) is 5.56 Å². The van der Waals surface area contributed by atoms with Gasteiger partial charge in [0.15, 0.2) is 0 Å². The van der Waals surface area contributed by atoms with E-state index in [1.165, 1.54) is 0 Å². The Morgan fingerprint density at radius 2 is 1.93 bits per heavy atom. The first kappa shape index (κ1) is 18.0. The zero-order valence-corrected chi connectivity index (χ0v) is 15.6. The number of imidazole rings is 1. The highest BCUT2D eigenvalue weighted by Gasteiger charge is 2.47. The monoisotopic (exact) mass is 398 g/mol. The van der Waals surface area contributed by atoms with E-state index in [0.717, 1.165) is 29.0 Å². The lowest BCUT2D eigenvalue weighted by atomic mass is 9.92. The average molecular weight is 398 g/mol. The first-order valence-corrected chi connectivity index (χ1v) is 9.47. The molecule has 0 amide bonds. The third-order valence-electron chi connectivity index (χ3n) is 5.93. The molecule has 0 bridgehead atoms. The fourth-order valence-electron chi connectivity index (χ4n) is 4.11. The van der Waals surface area contributed by atoms with Crippen molar-refractivity contribution in [2.75, 3.05) is 0 Å². The van der Waals surface area contributed by atoms with E-state index < -0.39 is 28.9 Å². The van der Waals surface area contributed by atoms with Crippen molar-refractivity contribution < 1.29 is 13.2 Å². The van der Waals surface area contributed by atoms with Crippen molar-refractivity contribution in [3.05, 3.63) is 51.9 Å². The Labute approximate surface area is 164 Å². The van der Waals surface area contributed by atoms with Crippen molar-refractivity contribution >= 4 is 11.0 Å². The minimum Gasteiger partial charge on any atom is -0.323 e. The number of rotatable bonds is 3. The molecule has 0 atom stereocenters. The maximum Gasteiger partial charge on any atom is 0.431 e. The van der Waals surface area contributed by atoms with Crippen LogP contribution in [0.1, 0.15) is 43.0 Å². The van der Waals surface area contributed by atoms with Crippen molar-refractivity contribution in [2.45, 2.75) is 43.3 Å². The summed E-state index contributed by atoms with van der Waals surface area (Å²) in [5.74, 6) is 0.399. The lowest BCUT2D eigenvalue weighted by Gasteiger charge is -2.15. The summed E-state index contributed by atoms with van der Waals surface area (Å²) >= 11 is 0. The molecule has 5 nitrogen and oxygen atoms in total. The lowest BCUT2D eigenvalue weighted by Crippen LogP contribution is -2.28. The second-order valence-electron chi connectivity index (χ2n) is 7.90. The van der Waals surface area contributed by atoms with Crippen LogP contribution in [0.2, 0.25) is 0 Å². The highest BCUT2D eigenvalue weighted by molar-refractivity contribution is 5.81. The fraction of sp³-hybridized carbons (Fsp3) is 0.381. The van der Waals surface area contributed by atoms with E-state index >= 15 is 0 Å². The molecule has 3 aromatic rings. The molecule has 8 heteroatoms. The Bertz CT molecular complexity index is 1250. The van der Waals surface area contributed by atoms with Crippen LogP contribution >= 0.6 is 0 Å². The van der Waals surface area contributed by atoms with Gasteiger partial charge in [0.2, 0.25) is 0 Å². The van der Waals surface area contributed by atoms with Gasteiger partial charge in [0, 0.05) is 18.7 Å². The number of hydrogen-bond acceptors (Lipinski definition) is 3. The molecule has 0 unspecified atom stereocenters. The summed E-state index contributed by atoms with van der Waals surface area (Å²) in [4.78, 5) is 17.5. The van der Waals surface area contributed by atoms with Gasteiger partial charge >= 0.3 is 6.18 Å². The first-order valence-electron chi connectivity index (χ1n) is 9.47. The van der Waals surface area contributed by atoms with Gasteiger partial charge in [-0.3, -0.25) is 9.36 Å². The highest BCUT2D eigenvalue weighted by atomic mass is 19.4. The van der Waals surface area contributed by atoms with Crippen molar-refractivity contribution in [1.82, 2.24) is 14.1 Å². The molecule has 0 N–H and O–H groups in total. The van der Waals surface area contributed by atoms with Gasteiger partial charge < -0.3 is 4.57 Å². The van der Waals surface area contributed by atoms with Crippen LogP contribution in [0.3, 0.4) is 0 Å². The van der Waals surface area contributed by atoms with Crippen LogP contribution in [0.5, 0.6) is 0 Å². The predicted molar refractivity (Wildman–Crippen MR) is 100 cm³/mol. The fourth-order valence-corrected chi connectivity index (χ4v) is 4.11. The van der Waals surface area contributed by atoms with E-state index in [1.54, 1.807) is 23.7 Å². The topological polar surface area (TPSA) is 63.6 Å². The number of aryl methyl sites for hydroxylation is 1. The summed E-state index contributed by atoms with van der Waals surface area (Å²) in [7, 11) is 1.64. The molecule has 0 saturated heterocycles. The normalized spacial score (nSPS) is 18.0. The van der Waals surface area contributed by atoms with Crippen LogP contribution < -0.4 is 5.56 Å². The van der Waals surface area contributed by atoms with E-state index in [1.807, 2.05) is 12.1 Å². The van der Waals surface area contributed by atoms with Crippen molar-refractivity contribution in [2.24, 2.45) is 7.05 Å². The summed E-state index contributed by atoms with van der Waals surface area (Å²) < 4.78 is 43.3. The van der Waals surface area contributed by atoms with Gasteiger partial charge in [0.05, 0.1) is 17.0 Å². The van der Waals surface area contributed by atoms with Gasteiger partial charge in [-0.25, -0.2) is 4.98 Å². The molecule has 5 rings (SSSR count). The Hall–Kier alpha value is -3.08. The number of fused-ring (bicyclic) bond motifs is 1. The van der Waals surface area contributed by atoms with Crippen molar-refractivity contribution in [1.29, 1.82) is 5.26 Å². The van der Waals surface area contributed by atoms with E-state index in [9.17, 15) is 23.2 Å². The molecule has 2 heterocycles. The molecule has 2 aromatic heterocycles. The molecule has 1 aromatic carbocycles. The van der Waals surface area contributed by atoms with Crippen LogP contribution in [0, 0.1) is 11.3 Å². The largest absolute Gasteiger partial charge is 0.431 e. The zero-order valence-electron chi connectivity index (χ0n) is 15.6. The third kappa shape index (κ3) is 2.60. The second-order valence-corrected chi connectivity index (χ2v) is 7.90. The maximum atomic E-state index is 13.6. The molecule has 2 fully saturated rings. The van der Waals surface area contributed by atoms with Crippen LogP contribution in [0.15, 0.2) is 35.1 Å². The van der Waals surface area contributed by atoms with Crippen molar-refractivity contribution in [3.63, 3.8) is 0 Å². The number of benzene rings is 1. The number of pyridine rings is 1. The summed E-state index contributed by atoms with van der Waals surface area (Å²) in [6.07, 6.45) is -2.04. The minimum absolute atomic E-state index is 0.0216. The molecule has 2 aliphatic rings. The Morgan fingerprint density at radius 3 is 2.52 bits per heavy atom. The van der Waals surface area contributed by atoms with Gasteiger partial charge in [-0.2, -0.15) is 18.4 Å². The Morgan fingerprint density at radius 1 is 1.24 bits per heavy atom. The average Bonchev–Trinajstić information content (AvgIpc) is 3.59. The Balaban J connectivity index is 1.80. The smallest absolute Gasteiger partial charge is 0.323 e. The quantitative estimate of drug-likeness (QED) is 0.660. The molecule has 2 aliphatic carbocycles. The summed E-state index contributed by atoms with van der Waals surface area (Å²) in [6.45, 7) is 0. The van der Waals surface area contributed by atoms with Gasteiger partial charge in [-0.15, -0.1) is 0 Å². The SMILES string of the molecule is Cn1c(-c2ccccc2C2(C#N)CC2)nc2cc(C(F)(F)F)n(C3CC3)c(=O)c21. The van der Waals surface area contributed by atoms with Crippen LogP contribution in [-0.2, 0) is 18.6 Å². The van der Waals surface area contributed by atoms with Gasteiger partial charge in [-0.1, -0.05) is 24.3 Å². The first-order chi connectivity index (χ1) is 13.8. The molecular formula is C21H17F3N4O. The molecule has 0 aliphatic heterocycles. The van der Waals surface area contributed by atoms with Crippen molar-refractivity contribution in [3.8, 4) is 17.5 Å². The Kier molecular flexibility index (Phi) is 3.55. The van der Waals surface area contributed by atoms with Gasteiger partial charge in [-0.05, 0) is 37.3 Å². The van der Waals surface area contributed by atoms with Gasteiger partial charge in [0.1, 0.15) is 17.0 Å². The van der Waals surface area contributed by atoms with Crippen LogP contribution in [0.4, 0.5) is 13.2 Å². The lowest BCUT2D eigenvalue weighted by molar-refractivity contribution is -0.144. The number of hydrogen-bond donors (Lipinski definition) is 0. The van der Waals surface area contributed by atoms with E-state index in [-0.39, 0.29) is 11.0 Å². The molecule has 0 spiro atoms. The molecule has 148 valence electrons. The van der Waals surface area contributed by atoms with Crippen LogP contribution in [-0.4, -0.2) is 14.1 Å².